The molecule has 11 nitrogen and oxygen atoms in total. The molecule has 0 aromatic carbocycles. The lowest BCUT2D eigenvalue weighted by molar-refractivity contribution is -0.317. The maximum Gasteiger partial charge on any atom is 0.307 e. The van der Waals surface area contributed by atoms with Gasteiger partial charge in [-0.05, 0) is 122 Å². The SMILES string of the molecule is CC/C=C/[C@H]1CCC[C@H](OC2CC[C@H](N(C)C)[C@@H](C)O2)[C@@H](C)C(=O)C2=CC3C(C=CC4C[C@@H](O[C@@H]5O[C@@H](C)[C@H](OC)[C@@H](OC)[C@H]5OCC)CC43)C2CC(=O)O1. The van der Waals surface area contributed by atoms with Gasteiger partial charge in [-0.2, -0.15) is 0 Å². The molecule has 0 amide bonds. The number of methoxy groups -OCH3 is 2. The van der Waals surface area contributed by atoms with Crippen LogP contribution in [0, 0.1) is 35.5 Å². The van der Waals surface area contributed by atoms with Crippen LogP contribution in [0.4, 0.5) is 0 Å². The van der Waals surface area contributed by atoms with Gasteiger partial charge < -0.3 is 42.8 Å². The van der Waals surface area contributed by atoms with E-state index < -0.39 is 12.4 Å². The minimum Gasteiger partial charge on any atom is -0.458 e. The minimum atomic E-state index is -0.595. The summed E-state index contributed by atoms with van der Waals surface area (Å²) in [6, 6.07) is 0.330. The standard InChI is InChI=1S/C44H69NO10/c1-10-12-14-29-15-13-16-37(55-39-20-19-36(45(6)7)26(4)51-39)25(3)40(47)35-23-33-31(34(35)24-38(46)53-29)18-17-28-21-30(22-32(28)33)54-44-43(50-11-2)42(49-9)41(48-8)27(5)52-44/h12,14,17-18,23,25-34,36-37,39,41-44H,10-11,13,15-16,19-22,24H2,1-9H3/b14-12+/t25-,26-,27+,28?,29+,30-,31?,32?,33?,34?,36+,37+,39?,41+,42-,43-,44+/m1/s1. The summed E-state index contributed by atoms with van der Waals surface area (Å²) in [7, 11) is 7.53. The smallest absolute Gasteiger partial charge is 0.307 e. The number of nitrogens with zero attached hydrogens (tertiary/aromatic N) is 1. The number of ketones is 1. The van der Waals surface area contributed by atoms with E-state index >= 15 is 0 Å². The number of carbonyl (C=O) groups excluding carboxylic acids is 2. The van der Waals surface area contributed by atoms with Crippen LogP contribution in [0.5, 0.6) is 0 Å². The van der Waals surface area contributed by atoms with E-state index in [1.807, 2.05) is 26.8 Å². The van der Waals surface area contributed by atoms with Crippen LogP contribution in [0.1, 0.15) is 92.4 Å². The van der Waals surface area contributed by atoms with Crippen molar-refractivity contribution in [2.75, 3.05) is 34.9 Å². The maximum atomic E-state index is 14.8. The van der Waals surface area contributed by atoms with Crippen LogP contribution < -0.4 is 0 Å². The van der Waals surface area contributed by atoms with Crippen LogP contribution in [0.3, 0.4) is 0 Å². The second kappa shape index (κ2) is 19.2. The maximum absolute atomic E-state index is 14.8. The molecule has 6 unspecified atom stereocenters. The molecule has 3 saturated heterocycles. The molecule has 6 rings (SSSR count). The number of allylic oxidation sites excluding steroid dienone is 5. The monoisotopic (exact) mass is 771 g/mol. The van der Waals surface area contributed by atoms with Gasteiger partial charge >= 0.3 is 5.97 Å². The van der Waals surface area contributed by atoms with Gasteiger partial charge in [-0.15, -0.1) is 0 Å². The summed E-state index contributed by atoms with van der Waals surface area (Å²) in [4.78, 5) is 30.7. The number of likely N-dealkylation sites (N-methyl/N-ethyl adjacent to an activating group) is 1. The first-order chi connectivity index (χ1) is 26.5. The Hall–Kier alpha value is -1.96. The summed E-state index contributed by atoms with van der Waals surface area (Å²) in [5, 5.41) is 0. The van der Waals surface area contributed by atoms with E-state index in [2.05, 4.69) is 57.1 Å². The zero-order chi connectivity index (χ0) is 39.4. The fraction of sp³-hybridized carbons (Fsp3) is 0.818. The second-order valence-corrected chi connectivity index (χ2v) is 17.1. The van der Waals surface area contributed by atoms with Crippen LogP contribution in [-0.4, -0.2) is 119 Å². The third kappa shape index (κ3) is 9.51. The van der Waals surface area contributed by atoms with Gasteiger partial charge in [-0.3, -0.25) is 9.59 Å². The minimum absolute atomic E-state index is 0.0265. The van der Waals surface area contributed by atoms with Gasteiger partial charge in [0, 0.05) is 38.7 Å². The molecule has 0 spiro atoms. The predicted molar refractivity (Wildman–Crippen MR) is 208 cm³/mol. The number of carbonyl (C=O) groups is 2. The van der Waals surface area contributed by atoms with E-state index in [-0.39, 0.29) is 103 Å². The average Bonchev–Trinajstić information content (AvgIpc) is 3.73. The number of cyclic esters (lactones) is 1. The summed E-state index contributed by atoms with van der Waals surface area (Å²) in [5.74, 6) is -0.122. The molecule has 310 valence electrons. The predicted octanol–water partition coefficient (Wildman–Crippen LogP) is 6.43. The Morgan fingerprint density at radius 1 is 0.873 bits per heavy atom. The highest BCUT2D eigenvalue weighted by molar-refractivity contribution is 5.99. The van der Waals surface area contributed by atoms with Crippen LogP contribution in [0.2, 0.25) is 0 Å². The molecule has 1 saturated carbocycles. The van der Waals surface area contributed by atoms with Crippen LogP contribution >= 0.6 is 0 Å². The van der Waals surface area contributed by atoms with Crippen molar-refractivity contribution in [1.29, 1.82) is 0 Å². The van der Waals surface area contributed by atoms with Gasteiger partial charge in [0.25, 0.3) is 0 Å². The van der Waals surface area contributed by atoms with Gasteiger partial charge in [0.1, 0.15) is 24.4 Å². The highest BCUT2D eigenvalue weighted by Gasteiger charge is 2.53. The molecule has 4 fully saturated rings. The highest BCUT2D eigenvalue weighted by atomic mass is 16.7. The summed E-state index contributed by atoms with van der Waals surface area (Å²) in [5.41, 5.74) is 0.754. The summed E-state index contributed by atoms with van der Waals surface area (Å²) in [6.45, 7) is 10.6. The molecule has 0 bridgehead atoms. The third-order valence-electron chi connectivity index (χ3n) is 13.4. The topological polar surface area (TPSA) is 111 Å². The summed E-state index contributed by atoms with van der Waals surface area (Å²) < 4.78 is 50.3. The Kier molecular flexibility index (Phi) is 14.9. The molecular formula is C44H69NO10. The number of esters is 1. The van der Waals surface area contributed by atoms with Gasteiger partial charge in [-0.1, -0.05) is 38.2 Å². The van der Waals surface area contributed by atoms with E-state index in [0.29, 0.717) is 25.5 Å². The summed E-state index contributed by atoms with van der Waals surface area (Å²) >= 11 is 0. The Balaban J connectivity index is 1.22. The van der Waals surface area contributed by atoms with Crippen molar-refractivity contribution in [2.45, 2.75) is 160 Å². The van der Waals surface area contributed by atoms with E-state index in [4.69, 9.17) is 37.9 Å². The normalized spacial score (nSPS) is 44.0. The lowest BCUT2D eigenvalue weighted by Gasteiger charge is -2.44. The number of Topliss-reactive ketones (excluding diaryl/α,β-unsaturated/α-hetero) is 1. The molecule has 6 aliphatic rings. The van der Waals surface area contributed by atoms with Crippen molar-refractivity contribution < 1.29 is 47.5 Å². The Bertz CT molecular complexity index is 1380. The number of fused-ring (bicyclic) bond motifs is 5. The molecule has 3 heterocycles. The first kappa shape index (κ1) is 42.6. The quantitative estimate of drug-likeness (QED) is 0.171. The lowest BCUT2D eigenvalue weighted by atomic mass is 9.70. The molecule has 3 aliphatic heterocycles. The number of ether oxygens (including phenoxy) is 8. The largest absolute Gasteiger partial charge is 0.458 e. The number of hydrogen-bond acceptors (Lipinski definition) is 11. The fourth-order valence-corrected chi connectivity index (χ4v) is 10.6. The van der Waals surface area contributed by atoms with E-state index in [1.165, 1.54) is 0 Å². The fourth-order valence-electron chi connectivity index (χ4n) is 10.6. The van der Waals surface area contributed by atoms with Crippen molar-refractivity contribution >= 4 is 11.8 Å². The lowest BCUT2D eigenvalue weighted by Crippen LogP contribution is -2.60. The molecule has 0 aromatic heterocycles. The van der Waals surface area contributed by atoms with Crippen LogP contribution in [-0.2, 0) is 47.5 Å². The van der Waals surface area contributed by atoms with Crippen LogP contribution in [0.25, 0.3) is 0 Å². The average molecular weight is 772 g/mol. The first-order valence-electron chi connectivity index (χ1n) is 21.2. The molecule has 17 atom stereocenters. The molecule has 55 heavy (non-hydrogen) atoms. The van der Waals surface area contributed by atoms with E-state index in [9.17, 15) is 9.59 Å². The third-order valence-corrected chi connectivity index (χ3v) is 13.4. The first-order valence-corrected chi connectivity index (χ1v) is 21.2. The Labute approximate surface area is 329 Å². The van der Waals surface area contributed by atoms with Crippen molar-refractivity contribution in [3.05, 3.63) is 36.0 Å². The van der Waals surface area contributed by atoms with Gasteiger partial charge in [0.05, 0.1) is 30.8 Å². The number of rotatable bonds is 11. The van der Waals surface area contributed by atoms with Gasteiger partial charge in [0.2, 0.25) is 0 Å². The summed E-state index contributed by atoms with van der Waals surface area (Å²) in [6.07, 6.45) is 14.6. The van der Waals surface area contributed by atoms with Crippen LogP contribution in [0.15, 0.2) is 36.0 Å². The van der Waals surface area contributed by atoms with Crippen molar-refractivity contribution in [3.63, 3.8) is 0 Å². The molecule has 0 aromatic rings. The molecule has 0 radical (unpaired) electrons. The molecule has 3 aliphatic carbocycles. The van der Waals surface area contributed by atoms with Crippen molar-refractivity contribution in [3.8, 4) is 0 Å². The zero-order valence-corrected chi connectivity index (χ0v) is 34.8. The second-order valence-electron chi connectivity index (χ2n) is 17.1. The zero-order valence-electron chi connectivity index (χ0n) is 34.8. The van der Waals surface area contributed by atoms with Gasteiger partial charge in [-0.25, -0.2) is 0 Å². The molecule has 11 heteroatoms. The van der Waals surface area contributed by atoms with E-state index in [0.717, 1.165) is 44.1 Å². The van der Waals surface area contributed by atoms with E-state index in [1.54, 1.807) is 14.2 Å². The van der Waals surface area contributed by atoms with Crippen molar-refractivity contribution in [2.24, 2.45) is 35.5 Å². The highest BCUT2D eigenvalue weighted by Crippen LogP contribution is 2.54. The van der Waals surface area contributed by atoms with Gasteiger partial charge in [0.15, 0.2) is 18.4 Å². The van der Waals surface area contributed by atoms with Crippen molar-refractivity contribution in [1.82, 2.24) is 4.90 Å². The Morgan fingerprint density at radius 3 is 2.35 bits per heavy atom. The Morgan fingerprint density at radius 2 is 1.65 bits per heavy atom. The molecular weight excluding hydrogens is 702 g/mol. The molecule has 0 N–H and O–H groups in total. The number of hydrogen-bond donors (Lipinski definition) is 0.